The summed E-state index contributed by atoms with van der Waals surface area (Å²) in [6, 6.07) is 4.86. The van der Waals surface area contributed by atoms with E-state index in [-0.39, 0.29) is 11.6 Å². The van der Waals surface area contributed by atoms with E-state index < -0.39 is 0 Å². The molecule has 0 amide bonds. The van der Waals surface area contributed by atoms with Crippen LogP contribution in [-0.2, 0) is 0 Å². The van der Waals surface area contributed by atoms with Gasteiger partial charge in [-0.15, -0.1) is 11.3 Å². The van der Waals surface area contributed by atoms with Crippen LogP contribution in [0, 0.1) is 0 Å². The first-order valence-electron chi connectivity index (χ1n) is 6.66. The van der Waals surface area contributed by atoms with Crippen LogP contribution in [0.5, 0.6) is 0 Å². The van der Waals surface area contributed by atoms with Gasteiger partial charge in [-0.2, -0.15) is 0 Å². The van der Waals surface area contributed by atoms with Gasteiger partial charge in [-0.05, 0) is 39.3 Å². The molecule has 0 bridgehead atoms. The normalized spacial score (nSPS) is 24.9. The van der Waals surface area contributed by atoms with Crippen LogP contribution in [0.2, 0.25) is 0 Å². The molecule has 2 atom stereocenters. The first kappa shape index (κ1) is 14.0. The first-order valence-corrected chi connectivity index (χ1v) is 7.54. The molecule has 2 rings (SSSR count). The van der Waals surface area contributed by atoms with Gasteiger partial charge in [0, 0.05) is 36.1 Å². The summed E-state index contributed by atoms with van der Waals surface area (Å²) in [5, 5.41) is 2.14. The van der Waals surface area contributed by atoms with Gasteiger partial charge in [-0.3, -0.25) is 9.80 Å². The third-order valence-electron chi connectivity index (χ3n) is 4.07. The van der Waals surface area contributed by atoms with Crippen molar-refractivity contribution in [3.05, 3.63) is 22.4 Å². The lowest BCUT2D eigenvalue weighted by Gasteiger charge is -2.48. The van der Waals surface area contributed by atoms with Gasteiger partial charge in [0.1, 0.15) is 0 Å². The molecular formula is C14H25N3S. The smallest absolute Gasteiger partial charge is 0.0591 e. The van der Waals surface area contributed by atoms with Crippen molar-refractivity contribution in [2.24, 2.45) is 5.73 Å². The summed E-state index contributed by atoms with van der Waals surface area (Å²) in [5.74, 6) is 0. The second-order valence-electron chi connectivity index (χ2n) is 6.02. The first-order chi connectivity index (χ1) is 8.42. The van der Waals surface area contributed by atoms with Gasteiger partial charge in [0.15, 0.2) is 0 Å². The molecule has 0 aromatic carbocycles. The highest BCUT2D eigenvalue weighted by Gasteiger charge is 2.36. The Balaban J connectivity index is 2.18. The molecule has 0 radical (unpaired) electrons. The number of piperazine rings is 1. The summed E-state index contributed by atoms with van der Waals surface area (Å²) in [7, 11) is 2.21. The van der Waals surface area contributed by atoms with Crippen LogP contribution in [-0.4, -0.2) is 48.1 Å². The van der Waals surface area contributed by atoms with E-state index in [0.717, 1.165) is 19.6 Å². The molecule has 1 aromatic heterocycles. The molecule has 1 saturated heterocycles. The van der Waals surface area contributed by atoms with E-state index in [1.54, 1.807) is 0 Å². The third kappa shape index (κ3) is 2.77. The van der Waals surface area contributed by atoms with Crippen LogP contribution >= 0.6 is 11.3 Å². The predicted molar refractivity (Wildman–Crippen MR) is 79.0 cm³/mol. The van der Waals surface area contributed by atoms with E-state index >= 15 is 0 Å². The minimum atomic E-state index is 0.169. The lowest BCUT2D eigenvalue weighted by atomic mass is 9.96. The molecule has 3 nitrogen and oxygen atoms in total. The molecule has 4 heteroatoms. The number of rotatable bonds is 3. The number of thiophene rings is 1. The van der Waals surface area contributed by atoms with E-state index in [0.29, 0.717) is 6.04 Å². The molecule has 2 unspecified atom stereocenters. The largest absolute Gasteiger partial charge is 0.326 e. The van der Waals surface area contributed by atoms with Gasteiger partial charge in [-0.1, -0.05) is 6.07 Å². The Bertz CT molecular complexity index is 372. The van der Waals surface area contributed by atoms with Crippen molar-refractivity contribution < 1.29 is 0 Å². The van der Waals surface area contributed by atoms with E-state index in [1.165, 1.54) is 4.88 Å². The molecule has 102 valence electrons. The van der Waals surface area contributed by atoms with Gasteiger partial charge in [-0.25, -0.2) is 0 Å². The van der Waals surface area contributed by atoms with Crippen LogP contribution in [0.1, 0.15) is 31.7 Å². The number of nitrogens with zero attached hydrogens (tertiary/aromatic N) is 2. The topological polar surface area (TPSA) is 32.5 Å². The van der Waals surface area contributed by atoms with Crippen LogP contribution in [0.4, 0.5) is 0 Å². The summed E-state index contributed by atoms with van der Waals surface area (Å²) in [6.45, 7) is 10.0. The van der Waals surface area contributed by atoms with Crippen molar-refractivity contribution in [3.8, 4) is 0 Å². The maximum Gasteiger partial charge on any atom is 0.0591 e. The highest BCUT2D eigenvalue weighted by molar-refractivity contribution is 7.10. The Labute approximate surface area is 115 Å². The van der Waals surface area contributed by atoms with Crippen LogP contribution in [0.25, 0.3) is 0 Å². The highest BCUT2D eigenvalue weighted by atomic mass is 32.1. The molecule has 1 fully saturated rings. The number of hydrogen-bond acceptors (Lipinski definition) is 4. The molecule has 1 aliphatic heterocycles. The molecule has 0 saturated carbocycles. The second kappa shape index (κ2) is 5.29. The highest BCUT2D eigenvalue weighted by Crippen LogP contribution is 2.31. The van der Waals surface area contributed by atoms with E-state index in [1.807, 2.05) is 11.3 Å². The Kier molecular flexibility index (Phi) is 4.11. The van der Waals surface area contributed by atoms with Crippen molar-refractivity contribution in [1.82, 2.24) is 9.80 Å². The van der Waals surface area contributed by atoms with Crippen molar-refractivity contribution in [3.63, 3.8) is 0 Å². The lowest BCUT2D eigenvalue weighted by molar-refractivity contribution is 0.0121. The quantitative estimate of drug-likeness (QED) is 0.911. The molecule has 0 aliphatic carbocycles. The second-order valence-corrected chi connectivity index (χ2v) is 7.00. The molecule has 18 heavy (non-hydrogen) atoms. The fourth-order valence-corrected chi connectivity index (χ4v) is 3.72. The van der Waals surface area contributed by atoms with E-state index in [2.05, 4.69) is 55.1 Å². The maximum absolute atomic E-state index is 6.23. The molecule has 2 N–H and O–H groups in total. The Hall–Kier alpha value is -0.420. The Morgan fingerprint density at radius 2 is 2.11 bits per heavy atom. The van der Waals surface area contributed by atoms with Crippen molar-refractivity contribution in [2.75, 3.05) is 26.7 Å². The molecule has 0 spiro atoms. The number of likely N-dealkylation sites (N-methyl/N-ethyl adjacent to an activating group) is 1. The average molecular weight is 267 g/mol. The van der Waals surface area contributed by atoms with Gasteiger partial charge in [0.2, 0.25) is 0 Å². The minimum absolute atomic E-state index is 0.169. The molecular weight excluding hydrogens is 242 g/mol. The fraction of sp³-hybridized carbons (Fsp3) is 0.714. The van der Waals surface area contributed by atoms with Crippen LogP contribution < -0.4 is 5.73 Å². The molecule has 1 aromatic rings. The summed E-state index contributed by atoms with van der Waals surface area (Å²) < 4.78 is 0. The van der Waals surface area contributed by atoms with E-state index in [4.69, 9.17) is 5.73 Å². The van der Waals surface area contributed by atoms with Gasteiger partial charge in [0.25, 0.3) is 0 Å². The minimum Gasteiger partial charge on any atom is -0.326 e. The summed E-state index contributed by atoms with van der Waals surface area (Å²) in [6.07, 6.45) is 0. The van der Waals surface area contributed by atoms with Crippen molar-refractivity contribution in [2.45, 2.75) is 38.4 Å². The molecule has 1 aliphatic rings. The van der Waals surface area contributed by atoms with Gasteiger partial charge >= 0.3 is 0 Å². The average Bonchev–Trinajstić information content (AvgIpc) is 2.76. The predicted octanol–water partition coefficient (Wildman–Crippen LogP) is 2.16. The fourth-order valence-electron chi connectivity index (χ4n) is 2.75. The lowest BCUT2D eigenvalue weighted by Crippen LogP contribution is -2.59. The number of nitrogens with two attached hydrogens (primary N) is 1. The van der Waals surface area contributed by atoms with Gasteiger partial charge < -0.3 is 5.73 Å². The zero-order valence-electron chi connectivity index (χ0n) is 11.9. The van der Waals surface area contributed by atoms with Crippen LogP contribution in [0.15, 0.2) is 17.5 Å². The number of hydrogen-bond donors (Lipinski definition) is 1. The van der Waals surface area contributed by atoms with E-state index in [9.17, 15) is 0 Å². The third-order valence-corrected chi connectivity index (χ3v) is 5.02. The van der Waals surface area contributed by atoms with Gasteiger partial charge in [0.05, 0.1) is 6.04 Å². The SMILES string of the molecule is CC(N)C(c1cccs1)N1CCN(C)C(C)(C)C1. The summed E-state index contributed by atoms with van der Waals surface area (Å²) >= 11 is 1.82. The summed E-state index contributed by atoms with van der Waals surface area (Å²) in [4.78, 5) is 6.39. The Morgan fingerprint density at radius 1 is 1.39 bits per heavy atom. The zero-order valence-corrected chi connectivity index (χ0v) is 12.7. The van der Waals surface area contributed by atoms with Crippen molar-refractivity contribution >= 4 is 11.3 Å². The maximum atomic E-state index is 6.23. The standard InChI is InChI=1S/C14H25N3S/c1-11(15)13(12-6-5-9-18-12)17-8-7-16(4)14(2,3)10-17/h5-6,9,11,13H,7-8,10,15H2,1-4H3. The zero-order chi connectivity index (χ0) is 13.3. The van der Waals surface area contributed by atoms with Crippen molar-refractivity contribution in [1.29, 1.82) is 0 Å². The Morgan fingerprint density at radius 3 is 2.61 bits per heavy atom. The van der Waals surface area contributed by atoms with Crippen LogP contribution in [0.3, 0.4) is 0 Å². The summed E-state index contributed by atoms with van der Waals surface area (Å²) in [5.41, 5.74) is 6.46. The molecule has 2 heterocycles. The monoisotopic (exact) mass is 267 g/mol.